The van der Waals surface area contributed by atoms with Crippen LogP contribution in [-0.2, 0) is 5.75 Å². The van der Waals surface area contributed by atoms with Crippen molar-refractivity contribution in [3.8, 4) is 0 Å². The predicted octanol–water partition coefficient (Wildman–Crippen LogP) is 2.82. The molecule has 0 aliphatic carbocycles. The maximum Gasteiger partial charge on any atom is 0.335 e. The highest BCUT2D eigenvalue weighted by atomic mass is 35.5. The lowest BCUT2D eigenvalue weighted by atomic mass is 10.1. The molecule has 2 rings (SSSR count). The number of carbonyl (C=O) groups is 2. The number of carboxylic acid groups (broad SMARTS) is 1. The van der Waals surface area contributed by atoms with E-state index in [0.717, 1.165) is 5.56 Å². The first-order valence-electron chi connectivity index (χ1n) is 5.88. The number of amides is 1. The summed E-state index contributed by atoms with van der Waals surface area (Å²) < 4.78 is 0. The Balaban J connectivity index is 2.11. The van der Waals surface area contributed by atoms with Crippen molar-refractivity contribution in [3.63, 3.8) is 0 Å². The number of hydrogen-bond donors (Lipinski definition) is 2. The minimum Gasteiger partial charge on any atom is -0.478 e. The Bertz CT molecular complexity index is 706. The zero-order valence-electron chi connectivity index (χ0n) is 10.7. The van der Waals surface area contributed by atoms with Crippen LogP contribution in [0, 0.1) is 0 Å². The largest absolute Gasteiger partial charge is 0.478 e. The summed E-state index contributed by atoms with van der Waals surface area (Å²) in [6.07, 6.45) is 1.45. The number of nitrogens with two attached hydrogens (primary N) is 1. The van der Waals surface area contributed by atoms with Gasteiger partial charge in [0.25, 0.3) is 0 Å². The monoisotopic (exact) mass is 322 g/mol. The molecule has 0 saturated carbocycles. The highest BCUT2D eigenvalue weighted by molar-refractivity contribution is 7.98. The molecular formula is C14H11ClN2O3S. The van der Waals surface area contributed by atoms with Gasteiger partial charge >= 0.3 is 5.97 Å². The van der Waals surface area contributed by atoms with E-state index in [1.807, 2.05) is 0 Å². The molecule has 0 unspecified atom stereocenters. The van der Waals surface area contributed by atoms with Gasteiger partial charge in [0.15, 0.2) is 0 Å². The number of nitrogens with zero attached hydrogens (tertiary/aromatic N) is 1. The van der Waals surface area contributed by atoms with Crippen LogP contribution in [0.2, 0.25) is 5.02 Å². The number of carbonyl (C=O) groups excluding carboxylic acids is 1. The second kappa shape index (κ2) is 6.60. The van der Waals surface area contributed by atoms with Crippen molar-refractivity contribution in [1.82, 2.24) is 4.98 Å². The van der Waals surface area contributed by atoms with Crippen molar-refractivity contribution < 1.29 is 14.7 Å². The maximum absolute atomic E-state index is 11.0. The highest BCUT2D eigenvalue weighted by Crippen LogP contribution is 2.26. The molecule has 0 spiro atoms. The van der Waals surface area contributed by atoms with Crippen LogP contribution in [0.15, 0.2) is 41.6 Å². The van der Waals surface area contributed by atoms with E-state index >= 15 is 0 Å². The molecule has 108 valence electrons. The predicted molar refractivity (Wildman–Crippen MR) is 80.7 cm³/mol. The molecule has 1 aromatic heterocycles. The van der Waals surface area contributed by atoms with Gasteiger partial charge < -0.3 is 10.8 Å². The van der Waals surface area contributed by atoms with E-state index in [4.69, 9.17) is 22.4 Å². The number of rotatable bonds is 5. The molecule has 0 aliphatic heterocycles. The number of primary amides is 1. The SMILES string of the molecule is NC(=O)c1ccc(CSc2cc(C(=O)O)ccn2)c(Cl)c1. The molecule has 5 nitrogen and oxygen atoms in total. The van der Waals surface area contributed by atoms with Gasteiger partial charge in [-0.15, -0.1) is 11.8 Å². The van der Waals surface area contributed by atoms with Gasteiger partial charge in [-0.2, -0.15) is 0 Å². The minimum absolute atomic E-state index is 0.183. The first kappa shape index (κ1) is 15.3. The van der Waals surface area contributed by atoms with Gasteiger partial charge in [0.05, 0.1) is 10.6 Å². The number of thioether (sulfide) groups is 1. The van der Waals surface area contributed by atoms with Crippen LogP contribution in [0.4, 0.5) is 0 Å². The average Bonchev–Trinajstić information content (AvgIpc) is 2.46. The van der Waals surface area contributed by atoms with Crippen molar-refractivity contribution in [1.29, 1.82) is 0 Å². The Labute approximate surface area is 130 Å². The fourth-order valence-corrected chi connectivity index (χ4v) is 2.82. The van der Waals surface area contributed by atoms with Crippen LogP contribution in [0.25, 0.3) is 0 Å². The van der Waals surface area contributed by atoms with E-state index in [1.165, 1.54) is 36.2 Å². The van der Waals surface area contributed by atoms with Crippen molar-refractivity contribution in [2.75, 3.05) is 0 Å². The molecule has 0 radical (unpaired) electrons. The van der Waals surface area contributed by atoms with E-state index < -0.39 is 11.9 Å². The second-order valence-electron chi connectivity index (χ2n) is 4.15. The summed E-state index contributed by atoms with van der Waals surface area (Å²) in [4.78, 5) is 26.0. The van der Waals surface area contributed by atoms with Crippen molar-refractivity contribution in [2.24, 2.45) is 5.73 Å². The van der Waals surface area contributed by atoms with E-state index in [1.54, 1.807) is 12.1 Å². The second-order valence-corrected chi connectivity index (χ2v) is 5.55. The quantitative estimate of drug-likeness (QED) is 0.826. The summed E-state index contributed by atoms with van der Waals surface area (Å²) >= 11 is 7.44. The molecule has 0 fully saturated rings. The molecule has 0 saturated heterocycles. The third-order valence-electron chi connectivity index (χ3n) is 2.69. The van der Waals surface area contributed by atoms with Crippen LogP contribution in [-0.4, -0.2) is 22.0 Å². The fraction of sp³-hybridized carbons (Fsp3) is 0.0714. The number of hydrogen-bond acceptors (Lipinski definition) is 4. The van der Waals surface area contributed by atoms with Crippen LogP contribution >= 0.6 is 23.4 Å². The third kappa shape index (κ3) is 3.96. The molecule has 3 N–H and O–H groups in total. The van der Waals surface area contributed by atoms with E-state index in [-0.39, 0.29) is 5.56 Å². The van der Waals surface area contributed by atoms with Crippen molar-refractivity contribution in [3.05, 3.63) is 58.2 Å². The summed E-state index contributed by atoms with van der Waals surface area (Å²) in [5.41, 5.74) is 6.52. The van der Waals surface area contributed by atoms with Gasteiger partial charge in [0, 0.05) is 22.5 Å². The summed E-state index contributed by atoms with van der Waals surface area (Å²) in [5, 5.41) is 9.95. The van der Waals surface area contributed by atoms with E-state index in [2.05, 4.69) is 4.98 Å². The zero-order chi connectivity index (χ0) is 15.4. The van der Waals surface area contributed by atoms with Crippen LogP contribution in [0.1, 0.15) is 26.3 Å². The Morgan fingerprint density at radius 1 is 1.24 bits per heavy atom. The van der Waals surface area contributed by atoms with Gasteiger partial charge in [-0.05, 0) is 29.8 Å². The van der Waals surface area contributed by atoms with Crippen molar-refractivity contribution in [2.45, 2.75) is 10.8 Å². The zero-order valence-corrected chi connectivity index (χ0v) is 12.3. The van der Waals surface area contributed by atoms with E-state index in [9.17, 15) is 9.59 Å². The maximum atomic E-state index is 11.0. The molecule has 2 aromatic rings. The van der Waals surface area contributed by atoms with Gasteiger partial charge in [-0.25, -0.2) is 9.78 Å². The smallest absolute Gasteiger partial charge is 0.335 e. The molecule has 1 heterocycles. The number of carboxylic acids is 1. The fourth-order valence-electron chi connectivity index (χ4n) is 1.59. The summed E-state index contributed by atoms with van der Waals surface area (Å²) in [5.74, 6) is -1.02. The van der Waals surface area contributed by atoms with Gasteiger partial charge in [0.1, 0.15) is 0 Å². The molecule has 1 aromatic carbocycles. The van der Waals surface area contributed by atoms with Gasteiger partial charge in [-0.1, -0.05) is 17.7 Å². The van der Waals surface area contributed by atoms with Crippen LogP contribution in [0.3, 0.4) is 0 Å². The number of pyridine rings is 1. The van der Waals surface area contributed by atoms with Gasteiger partial charge in [0.2, 0.25) is 5.91 Å². The Kier molecular flexibility index (Phi) is 4.82. The number of aromatic nitrogens is 1. The lowest BCUT2D eigenvalue weighted by Crippen LogP contribution is -2.10. The Morgan fingerprint density at radius 3 is 2.62 bits per heavy atom. The summed E-state index contributed by atoms with van der Waals surface area (Å²) in [6.45, 7) is 0. The molecule has 7 heteroatoms. The summed E-state index contributed by atoms with van der Waals surface area (Å²) in [7, 11) is 0. The molecule has 1 amide bonds. The first-order valence-corrected chi connectivity index (χ1v) is 7.24. The lowest BCUT2D eigenvalue weighted by molar-refractivity contribution is 0.0696. The van der Waals surface area contributed by atoms with E-state index in [0.29, 0.717) is 21.4 Å². The summed E-state index contributed by atoms with van der Waals surface area (Å²) in [6, 6.07) is 7.77. The minimum atomic E-state index is -0.997. The molecule has 0 aliphatic rings. The molecule has 0 bridgehead atoms. The van der Waals surface area contributed by atoms with Crippen molar-refractivity contribution >= 4 is 35.2 Å². The first-order chi connectivity index (χ1) is 9.97. The van der Waals surface area contributed by atoms with Crippen LogP contribution < -0.4 is 5.73 Å². The lowest BCUT2D eigenvalue weighted by Gasteiger charge is -2.06. The Hall–Kier alpha value is -2.05. The topological polar surface area (TPSA) is 93.3 Å². The molecule has 21 heavy (non-hydrogen) atoms. The standard InChI is InChI=1S/C14H11ClN2O3S/c15-11-5-8(13(16)18)1-2-10(11)7-21-12-6-9(14(19)20)3-4-17-12/h1-6H,7H2,(H2,16,18)(H,19,20). The molecular weight excluding hydrogens is 312 g/mol. The average molecular weight is 323 g/mol. The highest BCUT2D eigenvalue weighted by Gasteiger charge is 2.08. The Morgan fingerprint density at radius 2 is 2.00 bits per heavy atom. The van der Waals surface area contributed by atoms with Gasteiger partial charge in [-0.3, -0.25) is 4.79 Å². The number of halogens is 1. The molecule has 0 atom stereocenters. The number of benzene rings is 1. The third-order valence-corrected chi connectivity index (χ3v) is 4.02. The number of aromatic carboxylic acids is 1. The van der Waals surface area contributed by atoms with Crippen LogP contribution in [0.5, 0.6) is 0 Å². The normalized spacial score (nSPS) is 10.3.